The van der Waals surface area contributed by atoms with Crippen molar-refractivity contribution in [2.24, 2.45) is 0 Å². The van der Waals surface area contributed by atoms with Gasteiger partial charge in [-0.25, -0.2) is 13.4 Å². The van der Waals surface area contributed by atoms with Crippen LogP contribution in [-0.4, -0.2) is 48.8 Å². The summed E-state index contributed by atoms with van der Waals surface area (Å²) in [7, 11) is -1.37. The van der Waals surface area contributed by atoms with E-state index in [1.165, 1.54) is 11.0 Å². The molecule has 0 spiro atoms. The second-order valence-corrected chi connectivity index (χ2v) is 9.85. The molecule has 0 radical (unpaired) electrons. The van der Waals surface area contributed by atoms with Crippen LogP contribution in [0.4, 0.5) is 0 Å². The molecule has 1 unspecified atom stereocenters. The Morgan fingerprint density at radius 2 is 2.26 bits per heavy atom. The molecule has 3 rings (SSSR count). The fraction of sp³-hybridized carbons (Fsp3) is 0.368. The van der Waals surface area contributed by atoms with E-state index >= 15 is 0 Å². The maximum Gasteiger partial charge on any atom is 0.246 e. The highest BCUT2D eigenvalue weighted by molar-refractivity contribution is 7.91. The topological polar surface area (TPSA) is 76.6 Å². The van der Waals surface area contributed by atoms with Gasteiger partial charge in [0.15, 0.2) is 9.84 Å². The van der Waals surface area contributed by atoms with Gasteiger partial charge in [-0.3, -0.25) is 4.79 Å². The van der Waals surface area contributed by atoms with Gasteiger partial charge >= 0.3 is 0 Å². The molecule has 144 valence electrons. The Kier molecular flexibility index (Phi) is 5.96. The molecule has 1 aliphatic rings. The lowest BCUT2D eigenvalue weighted by molar-refractivity contribution is -0.126. The minimum absolute atomic E-state index is 0.0441. The van der Waals surface area contributed by atoms with Gasteiger partial charge in [-0.2, -0.15) is 0 Å². The number of hydrogen-bond acceptors (Lipinski definition) is 6. The van der Waals surface area contributed by atoms with Crippen LogP contribution in [-0.2, 0) is 21.2 Å². The van der Waals surface area contributed by atoms with Gasteiger partial charge in [0.2, 0.25) is 5.91 Å². The van der Waals surface area contributed by atoms with Crippen molar-refractivity contribution in [3.8, 4) is 5.75 Å². The molecule has 1 aromatic carbocycles. The van der Waals surface area contributed by atoms with Crippen LogP contribution in [0.15, 0.2) is 35.7 Å². The van der Waals surface area contributed by atoms with Crippen molar-refractivity contribution in [2.45, 2.75) is 26.0 Å². The number of aryl methyl sites for hydroxylation is 1. The fourth-order valence-electron chi connectivity index (χ4n) is 2.89. The Bertz CT molecular complexity index is 950. The first-order chi connectivity index (χ1) is 12.8. The van der Waals surface area contributed by atoms with E-state index in [0.717, 1.165) is 16.3 Å². The summed E-state index contributed by atoms with van der Waals surface area (Å²) in [6.07, 6.45) is 3.67. The molecule has 1 atom stereocenters. The summed E-state index contributed by atoms with van der Waals surface area (Å²) in [5, 5.41) is 2.97. The summed E-state index contributed by atoms with van der Waals surface area (Å²) < 4.78 is 28.9. The summed E-state index contributed by atoms with van der Waals surface area (Å²) in [4.78, 5) is 18.2. The van der Waals surface area contributed by atoms with E-state index in [2.05, 4.69) is 4.98 Å². The molecule has 8 heteroatoms. The van der Waals surface area contributed by atoms with Crippen LogP contribution in [0.2, 0.25) is 0 Å². The molecule has 0 saturated carbocycles. The SMILES string of the molecule is Cc1nc(COc2cccc(C=CC(=O)N(C)C3CCS(=O)(=O)C3)c2)cs1. The molecule has 27 heavy (non-hydrogen) atoms. The molecule has 1 fully saturated rings. The number of hydrogen-bond donors (Lipinski definition) is 0. The van der Waals surface area contributed by atoms with E-state index < -0.39 is 9.84 Å². The Morgan fingerprint density at radius 3 is 2.93 bits per heavy atom. The highest BCUT2D eigenvalue weighted by Crippen LogP contribution is 2.19. The zero-order valence-corrected chi connectivity index (χ0v) is 16.9. The smallest absolute Gasteiger partial charge is 0.246 e. The van der Waals surface area contributed by atoms with E-state index in [1.54, 1.807) is 24.5 Å². The first kappa shape index (κ1) is 19.6. The summed E-state index contributed by atoms with van der Waals surface area (Å²) in [5.41, 5.74) is 1.73. The van der Waals surface area contributed by atoms with Crippen molar-refractivity contribution < 1.29 is 17.9 Å². The molecular weight excluding hydrogens is 384 g/mol. The fourth-order valence-corrected chi connectivity index (χ4v) is 5.26. The minimum atomic E-state index is -3.01. The van der Waals surface area contributed by atoms with Crippen molar-refractivity contribution in [2.75, 3.05) is 18.6 Å². The van der Waals surface area contributed by atoms with Crippen LogP contribution in [0.25, 0.3) is 6.08 Å². The average Bonchev–Trinajstić information content (AvgIpc) is 3.22. The van der Waals surface area contributed by atoms with Crippen molar-refractivity contribution >= 4 is 33.2 Å². The van der Waals surface area contributed by atoms with Crippen molar-refractivity contribution in [1.82, 2.24) is 9.88 Å². The van der Waals surface area contributed by atoms with Gasteiger partial charge in [0.25, 0.3) is 0 Å². The summed E-state index contributed by atoms with van der Waals surface area (Å²) in [6.45, 7) is 2.35. The first-order valence-corrected chi connectivity index (χ1v) is 11.3. The molecule has 1 aliphatic heterocycles. The summed E-state index contributed by atoms with van der Waals surface area (Å²) >= 11 is 1.58. The van der Waals surface area contributed by atoms with E-state index in [-0.39, 0.29) is 23.5 Å². The normalized spacial score (nSPS) is 18.7. The molecule has 1 saturated heterocycles. The molecule has 2 heterocycles. The number of carbonyl (C=O) groups excluding carboxylic acids is 1. The first-order valence-electron chi connectivity index (χ1n) is 8.61. The minimum Gasteiger partial charge on any atom is -0.487 e. The molecule has 1 aromatic heterocycles. The number of ether oxygens (including phenoxy) is 1. The molecular formula is C19H22N2O4S2. The van der Waals surface area contributed by atoms with E-state index in [0.29, 0.717) is 18.8 Å². The van der Waals surface area contributed by atoms with Gasteiger partial charge < -0.3 is 9.64 Å². The lowest BCUT2D eigenvalue weighted by atomic mass is 10.2. The molecule has 0 bridgehead atoms. The monoisotopic (exact) mass is 406 g/mol. The molecule has 0 aliphatic carbocycles. The van der Waals surface area contributed by atoms with Gasteiger partial charge in [0.1, 0.15) is 12.4 Å². The molecule has 6 nitrogen and oxygen atoms in total. The van der Waals surface area contributed by atoms with Gasteiger partial charge in [-0.15, -0.1) is 11.3 Å². The molecule has 1 amide bonds. The molecule has 2 aromatic rings. The third-order valence-corrected chi connectivity index (χ3v) is 7.01. The highest BCUT2D eigenvalue weighted by Gasteiger charge is 2.31. The second-order valence-electron chi connectivity index (χ2n) is 6.56. The highest BCUT2D eigenvalue weighted by atomic mass is 32.2. The Labute approximate surface area is 163 Å². The number of sulfone groups is 1. The zero-order valence-electron chi connectivity index (χ0n) is 15.3. The third kappa shape index (κ3) is 5.40. The van der Waals surface area contributed by atoms with Gasteiger partial charge in [0.05, 0.1) is 22.2 Å². The van der Waals surface area contributed by atoms with E-state index in [4.69, 9.17) is 4.74 Å². The van der Waals surface area contributed by atoms with Crippen molar-refractivity contribution in [1.29, 1.82) is 0 Å². The number of thiazole rings is 1. The third-order valence-electron chi connectivity index (χ3n) is 4.43. The van der Waals surface area contributed by atoms with Crippen LogP contribution < -0.4 is 4.74 Å². The maximum atomic E-state index is 12.3. The quantitative estimate of drug-likeness (QED) is 0.690. The maximum absolute atomic E-state index is 12.3. The number of nitrogens with zero attached hydrogens (tertiary/aromatic N) is 2. The number of rotatable bonds is 6. The number of carbonyl (C=O) groups is 1. The van der Waals surface area contributed by atoms with Gasteiger partial charge in [-0.05, 0) is 37.1 Å². The van der Waals surface area contributed by atoms with Crippen LogP contribution in [0.1, 0.15) is 22.7 Å². The molecule has 0 N–H and O–H groups in total. The van der Waals surface area contributed by atoms with Gasteiger partial charge in [-0.1, -0.05) is 12.1 Å². The Hall–Kier alpha value is -2.19. The van der Waals surface area contributed by atoms with Crippen molar-refractivity contribution in [3.63, 3.8) is 0 Å². The summed E-state index contributed by atoms with van der Waals surface area (Å²) in [6, 6.07) is 7.20. The van der Waals surface area contributed by atoms with E-state index in [9.17, 15) is 13.2 Å². The number of aromatic nitrogens is 1. The average molecular weight is 407 g/mol. The largest absolute Gasteiger partial charge is 0.487 e. The van der Waals surface area contributed by atoms with Crippen LogP contribution >= 0.6 is 11.3 Å². The lowest BCUT2D eigenvalue weighted by Crippen LogP contribution is -2.36. The standard InChI is InChI=1S/C19H22N2O4S2/c1-14-20-16(12-26-14)11-25-18-5-3-4-15(10-18)6-7-19(22)21(2)17-8-9-27(23,24)13-17/h3-7,10,12,17H,8-9,11,13H2,1-2H3. The summed E-state index contributed by atoms with van der Waals surface area (Å²) in [5.74, 6) is 0.686. The van der Waals surface area contributed by atoms with Gasteiger partial charge in [0, 0.05) is 24.5 Å². The number of likely N-dealkylation sites (N-methyl/N-ethyl adjacent to an activating group) is 1. The van der Waals surface area contributed by atoms with Crippen LogP contribution in [0, 0.1) is 6.92 Å². The second kappa shape index (κ2) is 8.22. The van der Waals surface area contributed by atoms with Crippen LogP contribution in [0.5, 0.6) is 5.75 Å². The predicted octanol–water partition coefficient (Wildman–Crippen LogP) is 2.69. The zero-order chi connectivity index (χ0) is 19.4. The van der Waals surface area contributed by atoms with Crippen molar-refractivity contribution in [3.05, 3.63) is 52.0 Å². The lowest BCUT2D eigenvalue weighted by Gasteiger charge is -2.21. The number of amides is 1. The van der Waals surface area contributed by atoms with Crippen LogP contribution in [0.3, 0.4) is 0 Å². The van der Waals surface area contributed by atoms with E-state index in [1.807, 2.05) is 36.6 Å². The number of benzene rings is 1. The Balaban J connectivity index is 1.59. The Morgan fingerprint density at radius 1 is 1.44 bits per heavy atom. The predicted molar refractivity (Wildman–Crippen MR) is 106 cm³/mol.